The molecule has 0 radical (unpaired) electrons. The third kappa shape index (κ3) is 13.7. The second kappa shape index (κ2) is 16.1. The quantitative estimate of drug-likeness (QED) is 0.206. The van der Waals surface area contributed by atoms with E-state index in [0.29, 0.717) is 13.0 Å². The predicted molar refractivity (Wildman–Crippen MR) is 95.9 cm³/mol. The van der Waals surface area contributed by atoms with Gasteiger partial charge in [-0.25, -0.2) is 0 Å². The fraction of sp³-hybridized carbons (Fsp3) is 0.650. The fourth-order valence-electron chi connectivity index (χ4n) is 2.32. The van der Waals surface area contributed by atoms with Gasteiger partial charge in [0.25, 0.3) is 0 Å². The van der Waals surface area contributed by atoms with Crippen molar-refractivity contribution in [1.29, 1.82) is 0 Å². The van der Waals surface area contributed by atoms with Crippen molar-refractivity contribution in [3.63, 3.8) is 0 Å². The number of hydrogen-bond donors (Lipinski definition) is 0. The van der Waals surface area contributed by atoms with Gasteiger partial charge in [-0.05, 0) is 12.0 Å². The van der Waals surface area contributed by atoms with Gasteiger partial charge in [0.05, 0.1) is 0 Å². The maximum Gasteiger partial charge on any atom is 0.306 e. The van der Waals surface area contributed by atoms with Crippen molar-refractivity contribution in [2.45, 2.75) is 77.6 Å². The van der Waals surface area contributed by atoms with Gasteiger partial charge >= 0.3 is 5.97 Å². The van der Waals surface area contributed by atoms with E-state index in [9.17, 15) is 4.79 Å². The lowest BCUT2D eigenvalue weighted by atomic mass is 10.1. The Morgan fingerprint density at radius 2 is 1.45 bits per heavy atom. The van der Waals surface area contributed by atoms with Crippen LogP contribution in [0.25, 0.3) is 0 Å². The van der Waals surface area contributed by atoms with E-state index in [1.54, 1.807) is 18.2 Å². The first-order valence-corrected chi connectivity index (χ1v) is 8.84. The van der Waals surface area contributed by atoms with E-state index in [4.69, 9.17) is 4.74 Å². The molecule has 126 valence electrons. The molecule has 0 aromatic carbocycles. The molecule has 0 saturated carbocycles. The second-order valence-corrected chi connectivity index (χ2v) is 5.77. The summed E-state index contributed by atoms with van der Waals surface area (Å²) < 4.78 is 5.20. The molecule has 0 rings (SSSR count). The Labute approximate surface area is 137 Å². The van der Waals surface area contributed by atoms with Gasteiger partial charge in [0, 0.05) is 6.42 Å². The number of carbonyl (C=O) groups excluding carboxylic acids is 1. The monoisotopic (exact) mass is 306 g/mol. The van der Waals surface area contributed by atoms with Crippen molar-refractivity contribution in [2.24, 2.45) is 0 Å². The Morgan fingerprint density at radius 3 is 1.95 bits per heavy atom. The van der Waals surface area contributed by atoms with E-state index < -0.39 is 0 Å². The zero-order valence-electron chi connectivity index (χ0n) is 14.4. The van der Waals surface area contributed by atoms with Crippen LogP contribution in [0.2, 0.25) is 0 Å². The number of unbranched alkanes of at least 4 members (excludes halogenated alkanes) is 9. The third-order valence-electron chi connectivity index (χ3n) is 3.73. The van der Waals surface area contributed by atoms with Crippen molar-refractivity contribution in [1.82, 2.24) is 0 Å². The molecular formula is C20H34O2. The van der Waals surface area contributed by atoms with Crippen molar-refractivity contribution in [2.75, 3.05) is 6.61 Å². The number of allylic oxidation sites excluding steroid dienone is 2. The van der Waals surface area contributed by atoms with Crippen LogP contribution >= 0.6 is 0 Å². The molecule has 0 aliphatic carbocycles. The summed E-state index contributed by atoms with van der Waals surface area (Å²) >= 11 is 0. The van der Waals surface area contributed by atoms with Gasteiger partial charge < -0.3 is 4.74 Å². The molecule has 0 aliphatic rings. The summed E-state index contributed by atoms with van der Waals surface area (Å²) in [4.78, 5) is 11.6. The first kappa shape index (κ1) is 20.7. The first-order chi connectivity index (χ1) is 10.7. The highest BCUT2D eigenvalue weighted by Crippen LogP contribution is 2.11. The Morgan fingerprint density at radius 1 is 0.909 bits per heavy atom. The van der Waals surface area contributed by atoms with Crippen LogP contribution in [0.4, 0.5) is 0 Å². The van der Waals surface area contributed by atoms with E-state index >= 15 is 0 Å². The first-order valence-electron chi connectivity index (χ1n) is 8.84. The summed E-state index contributed by atoms with van der Waals surface area (Å²) in [7, 11) is 0. The zero-order chi connectivity index (χ0) is 16.5. The van der Waals surface area contributed by atoms with Crippen molar-refractivity contribution >= 4 is 5.97 Å². The summed E-state index contributed by atoms with van der Waals surface area (Å²) in [5.41, 5.74) is 0.881. The van der Waals surface area contributed by atoms with Crippen LogP contribution < -0.4 is 0 Å². The highest BCUT2D eigenvalue weighted by atomic mass is 16.5. The Balaban J connectivity index is 3.40. The molecule has 22 heavy (non-hydrogen) atoms. The number of rotatable bonds is 15. The largest absolute Gasteiger partial charge is 0.461 e. The van der Waals surface area contributed by atoms with Gasteiger partial charge in [-0.15, -0.1) is 0 Å². The van der Waals surface area contributed by atoms with Gasteiger partial charge in [-0.2, -0.15) is 0 Å². The minimum absolute atomic E-state index is 0.114. The molecule has 0 aromatic heterocycles. The summed E-state index contributed by atoms with van der Waals surface area (Å²) in [6, 6.07) is 0. The third-order valence-corrected chi connectivity index (χ3v) is 3.73. The highest BCUT2D eigenvalue weighted by molar-refractivity contribution is 5.69. The molecule has 0 atom stereocenters. The summed E-state index contributed by atoms with van der Waals surface area (Å²) in [6.07, 6.45) is 18.4. The van der Waals surface area contributed by atoms with Gasteiger partial charge in [-0.1, -0.05) is 96.1 Å². The van der Waals surface area contributed by atoms with Crippen molar-refractivity contribution < 1.29 is 9.53 Å². The van der Waals surface area contributed by atoms with Crippen LogP contribution in [-0.2, 0) is 9.53 Å². The minimum Gasteiger partial charge on any atom is -0.461 e. The van der Waals surface area contributed by atoms with Gasteiger partial charge in [-0.3, -0.25) is 4.79 Å². The van der Waals surface area contributed by atoms with Gasteiger partial charge in [0.1, 0.15) is 6.61 Å². The molecule has 0 bridgehead atoms. The predicted octanol–water partition coefficient (Wildman–Crippen LogP) is 6.14. The van der Waals surface area contributed by atoms with Crippen LogP contribution in [-0.4, -0.2) is 12.6 Å². The second-order valence-electron chi connectivity index (χ2n) is 5.77. The average Bonchev–Trinajstić information content (AvgIpc) is 2.53. The molecule has 0 spiro atoms. The molecule has 0 heterocycles. The highest BCUT2D eigenvalue weighted by Gasteiger charge is 2.03. The van der Waals surface area contributed by atoms with Gasteiger partial charge in [0.2, 0.25) is 0 Å². The maximum atomic E-state index is 11.6. The van der Waals surface area contributed by atoms with E-state index in [2.05, 4.69) is 20.1 Å². The minimum atomic E-state index is -0.114. The standard InChI is InChI=1S/C20H34O2/c1-4-7-8-9-10-11-12-13-14-15-17-20(21)22-18-19(6-3)16-5-2/h5-6,16H,2-4,7-15,17-18H2,1H3/b19-16+. The maximum absolute atomic E-state index is 11.6. The van der Waals surface area contributed by atoms with Crippen LogP contribution in [0.15, 0.2) is 37.0 Å². The van der Waals surface area contributed by atoms with E-state index in [-0.39, 0.29) is 5.97 Å². The molecule has 0 unspecified atom stereocenters. The smallest absolute Gasteiger partial charge is 0.306 e. The van der Waals surface area contributed by atoms with Crippen molar-refractivity contribution in [3.05, 3.63) is 37.0 Å². The lowest BCUT2D eigenvalue weighted by molar-refractivity contribution is -0.142. The molecule has 0 aromatic rings. The Kier molecular flexibility index (Phi) is 15.1. The molecule has 0 amide bonds. The Hall–Kier alpha value is -1.31. The number of carbonyl (C=O) groups is 1. The fourth-order valence-corrected chi connectivity index (χ4v) is 2.32. The summed E-state index contributed by atoms with van der Waals surface area (Å²) in [5, 5.41) is 0. The topological polar surface area (TPSA) is 26.3 Å². The van der Waals surface area contributed by atoms with Crippen LogP contribution in [0.3, 0.4) is 0 Å². The zero-order valence-corrected chi connectivity index (χ0v) is 14.4. The lowest BCUT2D eigenvalue weighted by Crippen LogP contribution is -2.06. The molecule has 0 saturated heterocycles. The van der Waals surface area contributed by atoms with E-state index in [1.165, 1.54) is 51.4 Å². The molecule has 0 N–H and O–H groups in total. The average molecular weight is 306 g/mol. The number of hydrogen-bond acceptors (Lipinski definition) is 2. The van der Waals surface area contributed by atoms with Crippen molar-refractivity contribution in [3.8, 4) is 0 Å². The Bertz CT molecular complexity index is 329. The number of esters is 1. The van der Waals surface area contributed by atoms with Crippen LogP contribution in [0.5, 0.6) is 0 Å². The number of ether oxygens (including phenoxy) is 1. The van der Waals surface area contributed by atoms with Crippen LogP contribution in [0, 0.1) is 0 Å². The summed E-state index contributed by atoms with van der Waals surface area (Å²) in [5.74, 6) is -0.114. The molecule has 2 nitrogen and oxygen atoms in total. The summed E-state index contributed by atoms with van der Waals surface area (Å²) in [6.45, 7) is 9.84. The lowest BCUT2D eigenvalue weighted by Gasteiger charge is -2.05. The van der Waals surface area contributed by atoms with E-state index in [0.717, 1.165) is 18.4 Å². The van der Waals surface area contributed by atoms with E-state index in [1.807, 2.05) is 0 Å². The molecular weight excluding hydrogens is 272 g/mol. The molecule has 2 heteroatoms. The van der Waals surface area contributed by atoms with Crippen LogP contribution in [0.1, 0.15) is 77.6 Å². The van der Waals surface area contributed by atoms with Gasteiger partial charge in [0.15, 0.2) is 0 Å². The normalized spacial score (nSPS) is 11.2. The molecule has 0 aliphatic heterocycles. The molecule has 0 fully saturated rings. The SMILES string of the molecule is C=C/C=C(\C=C)COC(=O)CCCCCCCCCCCC.